The van der Waals surface area contributed by atoms with Crippen LogP contribution in [-0.2, 0) is 6.42 Å². The average molecular weight is 514 g/mol. The number of fused-ring (bicyclic) bond motifs is 3. The Bertz CT molecular complexity index is 1770. The van der Waals surface area contributed by atoms with Gasteiger partial charge in [-0.05, 0) is 48.6 Å². The van der Waals surface area contributed by atoms with Gasteiger partial charge < -0.3 is 0 Å². The highest BCUT2D eigenvalue weighted by Crippen LogP contribution is 2.41. The predicted molar refractivity (Wildman–Crippen MR) is 142 cm³/mol. The van der Waals surface area contributed by atoms with Crippen LogP contribution in [0.15, 0.2) is 82.1 Å². The van der Waals surface area contributed by atoms with Crippen molar-refractivity contribution < 1.29 is 4.92 Å². The van der Waals surface area contributed by atoms with Crippen LogP contribution < -0.4 is 14.9 Å². The van der Waals surface area contributed by atoms with E-state index < -0.39 is 4.92 Å². The van der Waals surface area contributed by atoms with E-state index in [1.165, 1.54) is 35.1 Å². The zero-order valence-electron chi connectivity index (χ0n) is 19.3. The number of benzene rings is 3. The van der Waals surface area contributed by atoms with Crippen molar-refractivity contribution in [2.75, 3.05) is 0 Å². The molecule has 6 rings (SSSR count). The normalized spacial score (nSPS) is 16.7. The zero-order chi connectivity index (χ0) is 25.0. The SMILES string of the molecule is Cc1ccc(C2C3=C(N=c4sc(=Cc5cc([N+](=O)[O-])ccc5Cl)c(=O)n42)c2ccccc2CC3)cc1. The number of nitro benzene ring substituents is 1. The molecule has 36 heavy (non-hydrogen) atoms. The molecule has 4 aromatic rings. The molecule has 1 aliphatic carbocycles. The van der Waals surface area contributed by atoms with E-state index >= 15 is 0 Å². The van der Waals surface area contributed by atoms with Gasteiger partial charge in [0.15, 0.2) is 4.80 Å². The zero-order valence-corrected chi connectivity index (χ0v) is 20.8. The van der Waals surface area contributed by atoms with E-state index in [0.29, 0.717) is 19.9 Å². The fourth-order valence-corrected chi connectivity index (χ4v) is 6.13. The molecule has 178 valence electrons. The molecule has 0 saturated carbocycles. The third-order valence-electron chi connectivity index (χ3n) is 6.74. The molecular formula is C28H20ClN3O3S. The molecule has 2 heterocycles. The van der Waals surface area contributed by atoms with Crippen molar-refractivity contribution >= 4 is 40.4 Å². The highest BCUT2D eigenvalue weighted by molar-refractivity contribution is 7.07. The Morgan fingerprint density at radius 3 is 2.67 bits per heavy atom. The Hall–Kier alpha value is -3.81. The summed E-state index contributed by atoms with van der Waals surface area (Å²) in [5, 5.41) is 11.6. The van der Waals surface area contributed by atoms with Crippen molar-refractivity contribution in [3.05, 3.63) is 135 Å². The predicted octanol–water partition coefficient (Wildman–Crippen LogP) is 5.19. The van der Waals surface area contributed by atoms with Crippen LogP contribution in [0.25, 0.3) is 11.8 Å². The maximum absolute atomic E-state index is 13.8. The number of rotatable bonds is 3. The lowest BCUT2D eigenvalue weighted by Crippen LogP contribution is -2.38. The summed E-state index contributed by atoms with van der Waals surface area (Å²) >= 11 is 7.61. The number of hydrogen-bond donors (Lipinski definition) is 0. The Morgan fingerprint density at radius 1 is 1.11 bits per heavy atom. The summed E-state index contributed by atoms with van der Waals surface area (Å²) in [4.78, 5) is 30.2. The van der Waals surface area contributed by atoms with Gasteiger partial charge in [0.05, 0.1) is 21.2 Å². The molecule has 3 aromatic carbocycles. The van der Waals surface area contributed by atoms with Crippen LogP contribution in [0.4, 0.5) is 5.69 Å². The summed E-state index contributed by atoms with van der Waals surface area (Å²) in [7, 11) is 0. The minimum absolute atomic E-state index is 0.0805. The standard InChI is InChI=1S/C28H20ClN3O3S/c1-16-6-8-18(9-7-16)26-22-12-10-17-4-2-3-5-21(17)25(22)30-28-31(26)27(33)24(36-28)15-19-14-20(32(34)35)11-13-23(19)29/h2-9,11,13-15,26H,10,12H2,1H3. The maximum Gasteiger partial charge on any atom is 0.271 e. The molecule has 0 saturated heterocycles. The van der Waals surface area contributed by atoms with Gasteiger partial charge >= 0.3 is 0 Å². The molecule has 0 radical (unpaired) electrons. The summed E-state index contributed by atoms with van der Waals surface area (Å²) in [6.45, 7) is 2.04. The van der Waals surface area contributed by atoms with Crippen molar-refractivity contribution in [2.45, 2.75) is 25.8 Å². The van der Waals surface area contributed by atoms with Crippen molar-refractivity contribution in [1.82, 2.24) is 4.57 Å². The molecule has 0 amide bonds. The van der Waals surface area contributed by atoms with Gasteiger partial charge in [-0.15, -0.1) is 0 Å². The third-order valence-corrected chi connectivity index (χ3v) is 8.07. The molecule has 1 atom stereocenters. The number of aromatic nitrogens is 1. The number of allylic oxidation sites excluding steroid dienone is 1. The largest absolute Gasteiger partial charge is 0.272 e. The number of nitrogens with zero attached hydrogens (tertiary/aromatic N) is 3. The highest BCUT2D eigenvalue weighted by Gasteiger charge is 2.32. The van der Waals surface area contributed by atoms with Gasteiger partial charge in [-0.3, -0.25) is 19.5 Å². The number of aryl methyl sites for hydroxylation is 2. The van der Waals surface area contributed by atoms with Crippen LogP contribution in [0.3, 0.4) is 0 Å². The molecule has 1 aliphatic heterocycles. The van der Waals surface area contributed by atoms with Gasteiger partial charge in [0, 0.05) is 28.3 Å². The van der Waals surface area contributed by atoms with Crippen molar-refractivity contribution in [3.8, 4) is 0 Å². The smallest absolute Gasteiger partial charge is 0.271 e. The van der Waals surface area contributed by atoms with Gasteiger partial charge in [-0.2, -0.15) is 0 Å². The summed E-state index contributed by atoms with van der Waals surface area (Å²) in [6, 6.07) is 20.5. The second-order valence-electron chi connectivity index (χ2n) is 8.99. The van der Waals surface area contributed by atoms with Gasteiger partial charge in [0.1, 0.15) is 0 Å². The van der Waals surface area contributed by atoms with Crippen molar-refractivity contribution in [3.63, 3.8) is 0 Å². The van der Waals surface area contributed by atoms with Crippen LogP contribution in [-0.4, -0.2) is 9.49 Å². The van der Waals surface area contributed by atoms with E-state index in [1.807, 2.05) is 19.1 Å². The average Bonchev–Trinajstić information content (AvgIpc) is 3.19. The van der Waals surface area contributed by atoms with Crippen LogP contribution in [0, 0.1) is 17.0 Å². The van der Waals surface area contributed by atoms with E-state index in [-0.39, 0.29) is 17.3 Å². The third kappa shape index (κ3) is 3.72. The first-order valence-corrected chi connectivity index (χ1v) is 12.7. The molecule has 1 unspecified atom stereocenters. The van der Waals surface area contributed by atoms with E-state index in [2.05, 4.69) is 36.4 Å². The quantitative estimate of drug-likeness (QED) is 0.279. The molecule has 8 heteroatoms. The lowest BCUT2D eigenvalue weighted by molar-refractivity contribution is -0.384. The number of hydrogen-bond acceptors (Lipinski definition) is 5. The first-order valence-electron chi connectivity index (χ1n) is 11.5. The van der Waals surface area contributed by atoms with Gasteiger partial charge in [0.25, 0.3) is 11.2 Å². The Morgan fingerprint density at radius 2 is 1.89 bits per heavy atom. The highest BCUT2D eigenvalue weighted by atomic mass is 35.5. The van der Waals surface area contributed by atoms with Gasteiger partial charge in [0.2, 0.25) is 0 Å². The number of non-ortho nitro benzene ring substituents is 1. The molecule has 0 N–H and O–H groups in total. The van der Waals surface area contributed by atoms with Crippen molar-refractivity contribution in [1.29, 1.82) is 0 Å². The van der Waals surface area contributed by atoms with Crippen LogP contribution in [0.1, 0.15) is 40.3 Å². The van der Waals surface area contributed by atoms with E-state index in [1.54, 1.807) is 10.6 Å². The molecule has 1 aromatic heterocycles. The summed E-state index contributed by atoms with van der Waals surface area (Å²) in [6.07, 6.45) is 3.33. The fraction of sp³-hybridized carbons (Fsp3) is 0.143. The second-order valence-corrected chi connectivity index (χ2v) is 10.4. The van der Waals surface area contributed by atoms with Crippen LogP contribution in [0.2, 0.25) is 5.02 Å². The minimum Gasteiger partial charge on any atom is -0.272 e. The molecule has 2 aliphatic rings. The summed E-state index contributed by atoms with van der Waals surface area (Å²) in [5.74, 6) is 0. The minimum atomic E-state index is -0.474. The maximum atomic E-state index is 13.8. The second kappa shape index (κ2) is 8.69. The number of nitro groups is 1. The monoisotopic (exact) mass is 513 g/mol. The van der Waals surface area contributed by atoms with E-state index in [4.69, 9.17) is 16.6 Å². The first-order chi connectivity index (χ1) is 17.4. The fourth-order valence-electron chi connectivity index (χ4n) is 4.97. The number of thiazole rings is 1. The molecular weight excluding hydrogens is 494 g/mol. The molecule has 0 fully saturated rings. The Kier molecular flexibility index (Phi) is 5.47. The Labute approximate surface area is 215 Å². The Balaban J connectivity index is 1.61. The van der Waals surface area contributed by atoms with Crippen LogP contribution >= 0.6 is 22.9 Å². The molecule has 0 bridgehead atoms. The van der Waals surface area contributed by atoms with E-state index in [0.717, 1.165) is 40.8 Å². The first kappa shape index (κ1) is 22.6. The van der Waals surface area contributed by atoms with Crippen LogP contribution in [0.5, 0.6) is 0 Å². The summed E-state index contributed by atoms with van der Waals surface area (Å²) < 4.78 is 2.19. The van der Waals surface area contributed by atoms with Crippen molar-refractivity contribution in [2.24, 2.45) is 4.99 Å². The topological polar surface area (TPSA) is 77.5 Å². The lowest BCUT2D eigenvalue weighted by atomic mass is 9.83. The molecule has 0 spiro atoms. The van der Waals surface area contributed by atoms with Gasteiger partial charge in [-0.1, -0.05) is 77.0 Å². The van der Waals surface area contributed by atoms with Gasteiger partial charge in [-0.25, -0.2) is 4.99 Å². The van der Waals surface area contributed by atoms with E-state index in [9.17, 15) is 14.9 Å². The lowest BCUT2D eigenvalue weighted by Gasteiger charge is -2.30. The summed E-state index contributed by atoms with van der Waals surface area (Å²) in [5.41, 5.74) is 6.77. The number of halogens is 1. The molecule has 6 nitrogen and oxygen atoms in total.